The first-order valence-corrected chi connectivity index (χ1v) is 10.7. The number of ether oxygens (including phenoxy) is 2. The van der Waals surface area contributed by atoms with E-state index in [2.05, 4.69) is 16.8 Å². The van der Waals surface area contributed by atoms with Gasteiger partial charge in [0.15, 0.2) is 0 Å². The van der Waals surface area contributed by atoms with E-state index < -0.39 is 0 Å². The van der Waals surface area contributed by atoms with Crippen LogP contribution in [0.2, 0.25) is 0 Å². The largest absolute Gasteiger partial charge is 0.477 e. The fourth-order valence-electron chi connectivity index (χ4n) is 4.40. The van der Waals surface area contributed by atoms with Crippen molar-refractivity contribution in [1.29, 1.82) is 10.8 Å². The van der Waals surface area contributed by atoms with E-state index in [1.54, 1.807) is 6.08 Å². The van der Waals surface area contributed by atoms with Gasteiger partial charge in [0.05, 0.1) is 31.1 Å². The molecule has 1 atom stereocenters. The second-order valence-corrected chi connectivity index (χ2v) is 8.12. The van der Waals surface area contributed by atoms with Crippen LogP contribution in [0.3, 0.4) is 0 Å². The molecule has 3 aliphatic heterocycles. The molecule has 0 spiro atoms. The Hall–Kier alpha value is -2.52. The molecule has 4 heterocycles. The number of hydrogen-bond acceptors (Lipinski definition) is 9. The predicted molar refractivity (Wildman–Crippen MR) is 117 cm³/mol. The third-order valence-electron chi connectivity index (χ3n) is 5.96. The van der Waals surface area contributed by atoms with Gasteiger partial charge < -0.3 is 35.0 Å². The average Bonchev–Trinajstić information content (AvgIpc) is 3.20. The molecule has 1 unspecified atom stereocenters. The number of piperidine rings is 1. The lowest BCUT2D eigenvalue weighted by atomic mass is 10.00. The van der Waals surface area contributed by atoms with Crippen LogP contribution in [-0.4, -0.2) is 86.9 Å². The highest BCUT2D eigenvalue weighted by Crippen LogP contribution is 2.36. The Balaban J connectivity index is 1.63. The molecule has 2 fully saturated rings. The minimum atomic E-state index is 0.508. The minimum Gasteiger partial charge on any atom is -0.477 e. The molecule has 0 saturated carbocycles. The first-order chi connectivity index (χ1) is 14.7. The molecule has 0 radical (unpaired) electrons. The maximum absolute atomic E-state index is 7.76. The lowest BCUT2D eigenvalue weighted by Crippen LogP contribution is -2.38. The Labute approximate surface area is 177 Å². The number of rotatable bonds is 7. The second kappa shape index (κ2) is 9.53. The first-order valence-electron chi connectivity index (χ1n) is 10.7. The van der Waals surface area contributed by atoms with Crippen LogP contribution in [0.4, 0.5) is 11.8 Å². The number of morpholine rings is 1. The van der Waals surface area contributed by atoms with Gasteiger partial charge in [-0.3, -0.25) is 0 Å². The SMILES string of the molecule is CN1CCCC(COc2nc(N3CCOCC3)nc3c2CCN3/C(C=N)=C/C=N)C1. The number of anilines is 2. The topological polar surface area (TPSA) is 102 Å². The Kier molecular flexibility index (Phi) is 6.59. The van der Waals surface area contributed by atoms with Gasteiger partial charge in [0.2, 0.25) is 11.8 Å². The monoisotopic (exact) mass is 413 g/mol. The molecule has 2 saturated heterocycles. The maximum Gasteiger partial charge on any atom is 0.230 e. The summed E-state index contributed by atoms with van der Waals surface area (Å²) in [5.74, 6) is 2.61. The van der Waals surface area contributed by atoms with Crippen molar-refractivity contribution in [3.05, 3.63) is 17.3 Å². The molecule has 3 aliphatic rings. The summed E-state index contributed by atoms with van der Waals surface area (Å²) in [6, 6.07) is 0. The molecule has 30 heavy (non-hydrogen) atoms. The minimum absolute atomic E-state index is 0.508. The molecule has 4 rings (SSSR count). The number of hydrogen-bond donors (Lipinski definition) is 2. The highest BCUT2D eigenvalue weighted by atomic mass is 16.5. The zero-order chi connectivity index (χ0) is 20.9. The van der Waals surface area contributed by atoms with Crippen molar-refractivity contribution in [1.82, 2.24) is 14.9 Å². The van der Waals surface area contributed by atoms with E-state index in [0.29, 0.717) is 49.8 Å². The number of aromatic nitrogens is 2. The normalized spacial score (nSPS) is 22.7. The van der Waals surface area contributed by atoms with Gasteiger partial charge in [-0.05, 0) is 38.9 Å². The summed E-state index contributed by atoms with van der Waals surface area (Å²) in [5.41, 5.74) is 1.64. The fraction of sp³-hybridized carbons (Fsp3) is 0.619. The van der Waals surface area contributed by atoms with Crippen LogP contribution in [-0.2, 0) is 11.2 Å². The molecule has 1 aromatic heterocycles. The summed E-state index contributed by atoms with van der Waals surface area (Å²) in [4.78, 5) is 16.1. The molecule has 0 bridgehead atoms. The van der Waals surface area contributed by atoms with Gasteiger partial charge in [-0.25, -0.2) is 0 Å². The summed E-state index contributed by atoms with van der Waals surface area (Å²) < 4.78 is 11.8. The van der Waals surface area contributed by atoms with E-state index in [0.717, 1.165) is 44.0 Å². The average molecular weight is 414 g/mol. The van der Waals surface area contributed by atoms with E-state index in [4.69, 9.17) is 30.3 Å². The van der Waals surface area contributed by atoms with Gasteiger partial charge in [-0.15, -0.1) is 0 Å². The molecule has 0 amide bonds. The van der Waals surface area contributed by atoms with Crippen LogP contribution in [0.5, 0.6) is 5.88 Å². The smallest absolute Gasteiger partial charge is 0.230 e. The number of nitrogens with zero attached hydrogens (tertiary/aromatic N) is 5. The molecule has 9 heteroatoms. The van der Waals surface area contributed by atoms with Gasteiger partial charge >= 0.3 is 0 Å². The molecular formula is C21H31N7O2. The van der Waals surface area contributed by atoms with Gasteiger partial charge in [-0.1, -0.05) is 0 Å². The standard InChI is InChI=1S/C21H31N7O2/c1-26-7-2-3-16(14-26)15-30-20-18-5-8-28(17(13-23)4-6-22)19(18)24-21(25-20)27-9-11-29-12-10-27/h4,6,13,16,22-23H,2-3,5,7-12,14-15H2,1H3/b17-4+,22-6?,23-13?. The summed E-state index contributed by atoms with van der Waals surface area (Å²) in [6.07, 6.45) is 7.25. The van der Waals surface area contributed by atoms with Gasteiger partial charge in [0.25, 0.3) is 0 Å². The van der Waals surface area contributed by atoms with Crippen LogP contribution >= 0.6 is 0 Å². The fourth-order valence-corrected chi connectivity index (χ4v) is 4.40. The van der Waals surface area contributed by atoms with Crippen LogP contribution in [0.25, 0.3) is 0 Å². The van der Waals surface area contributed by atoms with Crippen molar-refractivity contribution in [2.24, 2.45) is 5.92 Å². The molecular weight excluding hydrogens is 382 g/mol. The highest BCUT2D eigenvalue weighted by molar-refractivity contribution is 5.89. The molecule has 162 valence electrons. The summed E-state index contributed by atoms with van der Waals surface area (Å²) in [7, 11) is 2.16. The molecule has 9 nitrogen and oxygen atoms in total. The zero-order valence-electron chi connectivity index (χ0n) is 17.6. The number of fused-ring (bicyclic) bond motifs is 1. The van der Waals surface area contributed by atoms with Gasteiger partial charge in [0, 0.05) is 44.5 Å². The quantitative estimate of drug-likeness (QED) is 0.655. The Bertz CT molecular complexity index is 807. The Morgan fingerprint density at radius 2 is 2.03 bits per heavy atom. The number of nitrogens with one attached hydrogen (secondary N) is 2. The van der Waals surface area contributed by atoms with E-state index in [1.807, 2.05) is 4.90 Å². The molecule has 1 aromatic rings. The van der Waals surface area contributed by atoms with Gasteiger partial charge in [0.1, 0.15) is 5.82 Å². The van der Waals surface area contributed by atoms with Crippen molar-refractivity contribution in [3.63, 3.8) is 0 Å². The third-order valence-corrected chi connectivity index (χ3v) is 5.96. The van der Waals surface area contributed by atoms with Crippen LogP contribution in [0.15, 0.2) is 11.8 Å². The highest BCUT2D eigenvalue weighted by Gasteiger charge is 2.30. The summed E-state index contributed by atoms with van der Waals surface area (Å²) >= 11 is 0. The lowest BCUT2D eigenvalue weighted by Gasteiger charge is -2.30. The van der Waals surface area contributed by atoms with Crippen LogP contribution < -0.4 is 14.5 Å². The van der Waals surface area contributed by atoms with Crippen molar-refractivity contribution in [2.75, 3.05) is 69.4 Å². The summed E-state index contributed by atoms with van der Waals surface area (Å²) in [5, 5.41) is 15.2. The predicted octanol–water partition coefficient (Wildman–Crippen LogP) is 1.58. The Morgan fingerprint density at radius 3 is 2.77 bits per heavy atom. The Morgan fingerprint density at radius 1 is 1.20 bits per heavy atom. The van der Waals surface area contributed by atoms with Crippen LogP contribution in [0.1, 0.15) is 18.4 Å². The summed E-state index contributed by atoms with van der Waals surface area (Å²) in [6.45, 7) is 6.39. The molecule has 0 aliphatic carbocycles. The van der Waals surface area contributed by atoms with Crippen molar-refractivity contribution < 1.29 is 9.47 Å². The van der Waals surface area contributed by atoms with Gasteiger partial charge in [-0.2, -0.15) is 9.97 Å². The lowest BCUT2D eigenvalue weighted by molar-refractivity contribution is 0.121. The first kappa shape index (κ1) is 20.7. The van der Waals surface area contributed by atoms with Crippen molar-refractivity contribution in [3.8, 4) is 5.88 Å². The van der Waals surface area contributed by atoms with E-state index in [1.165, 1.54) is 25.3 Å². The number of likely N-dealkylation sites (tertiary alicyclic amines) is 1. The molecule has 0 aromatic carbocycles. The molecule has 2 N–H and O–H groups in total. The number of allylic oxidation sites excluding steroid dienone is 2. The van der Waals surface area contributed by atoms with E-state index >= 15 is 0 Å². The van der Waals surface area contributed by atoms with E-state index in [-0.39, 0.29) is 0 Å². The second-order valence-electron chi connectivity index (χ2n) is 8.12. The van der Waals surface area contributed by atoms with E-state index in [9.17, 15) is 0 Å². The van der Waals surface area contributed by atoms with Crippen molar-refractivity contribution >= 4 is 24.2 Å². The van der Waals surface area contributed by atoms with Crippen molar-refractivity contribution in [2.45, 2.75) is 19.3 Å². The third kappa shape index (κ3) is 4.46. The maximum atomic E-state index is 7.76. The zero-order valence-corrected chi connectivity index (χ0v) is 17.6. The van der Waals surface area contributed by atoms with Crippen LogP contribution in [0, 0.1) is 16.7 Å².